The molecule has 8 heteroatoms. The molecule has 2 aromatic rings. The largest absolute Gasteiger partial charge is 0.490 e. The normalized spacial score (nSPS) is 10.5. The van der Waals surface area contributed by atoms with Crippen molar-refractivity contribution in [2.24, 2.45) is 0 Å². The molecule has 0 atom stereocenters. The number of nitrogens with zero attached hydrogens (tertiary/aromatic N) is 2. The Balaban J connectivity index is 1.93. The van der Waals surface area contributed by atoms with Gasteiger partial charge in [0.2, 0.25) is 0 Å². The van der Waals surface area contributed by atoms with Crippen LogP contribution in [0.15, 0.2) is 30.6 Å². The number of rotatable bonds is 11. The van der Waals surface area contributed by atoms with Gasteiger partial charge in [-0.25, -0.2) is 0 Å². The van der Waals surface area contributed by atoms with Crippen molar-refractivity contribution in [2.75, 3.05) is 38.8 Å². The van der Waals surface area contributed by atoms with E-state index in [1.165, 1.54) is 0 Å². The summed E-state index contributed by atoms with van der Waals surface area (Å²) < 4.78 is 18.1. The minimum Gasteiger partial charge on any atom is -0.490 e. The molecule has 0 fully saturated rings. The number of thiocarbonyl (C=S) groups is 1. The molecule has 0 unspecified atom stereocenters. The van der Waals surface area contributed by atoms with E-state index >= 15 is 0 Å². The van der Waals surface area contributed by atoms with Crippen molar-refractivity contribution in [2.45, 2.75) is 26.8 Å². The monoisotopic (exact) mass is 392 g/mol. The number of ether oxygens (including phenoxy) is 3. The number of nitrogens with one attached hydrogen (secondary N) is 2. The van der Waals surface area contributed by atoms with Gasteiger partial charge in [-0.15, -0.1) is 0 Å². The van der Waals surface area contributed by atoms with Crippen LogP contribution in [0, 0.1) is 0 Å². The Morgan fingerprint density at radius 1 is 1.19 bits per heavy atom. The van der Waals surface area contributed by atoms with E-state index in [0.29, 0.717) is 31.5 Å². The summed E-state index contributed by atoms with van der Waals surface area (Å²) in [5.74, 6) is 1.51. The summed E-state index contributed by atoms with van der Waals surface area (Å²) in [7, 11) is 1.69. The molecule has 0 amide bonds. The third-order valence-corrected chi connectivity index (χ3v) is 3.90. The van der Waals surface area contributed by atoms with Gasteiger partial charge in [-0.3, -0.25) is 4.68 Å². The maximum absolute atomic E-state index is 5.68. The summed E-state index contributed by atoms with van der Waals surface area (Å²) in [4.78, 5) is 0. The topological polar surface area (TPSA) is 69.6 Å². The Morgan fingerprint density at radius 2 is 1.96 bits per heavy atom. The summed E-state index contributed by atoms with van der Waals surface area (Å²) in [6.07, 6.45) is 4.57. The highest BCUT2D eigenvalue weighted by atomic mass is 32.1. The number of hydrogen-bond acceptors (Lipinski definition) is 5. The van der Waals surface area contributed by atoms with Crippen molar-refractivity contribution in [3.05, 3.63) is 36.2 Å². The van der Waals surface area contributed by atoms with E-state index in [4.69, 9.17) is 26.4 Å². The minimum absolute atomic E-state index is 0.574. The Kier molecular flexibility index (Phi) is 8.86. The first-order valence-corrected chi connectivity index (χ1v) is 9.51. The third-order valence-electron chi connectivity index (χ3n) is 3.65. The molecule has 7 nitrogen and oxygen atoms in total. The minimum atomic E-state index is 0.574. The molecule has 2 rings (SSSR count). The zero-order valence-electron chi connectivity index (χ0n) is 16.2. The van der Waals surface area contributed by atoms with Crippen molar-refractivity contribution < 1.29 is 14.2 Å². The van der Waals surface area contributed by atoms with Crippen molar-refractivity contribution in [3.8, 4) is 11.5 Å². The second-order valence-electron chi connectivity index (χ2n) is 5.80. The first-order valence-electron chi connectivity index (χ1n) is 9.11. The lowest BCUT2D eigenvalue weighted by Gasteiger charge is -2.12. The summed E-state index contributed by atoms with van der Waals surface area (Å²) >= 11 is 5.28. The third kappa shape index (κ3) is 7.07. The Bertz CT molecular complexity index is 721. The second-order valence-corrected chi connectivity index (χ2v) is 6.21. The first-order chi connectivity index (χ1) is 13.2. The molecule has 0 aliphatic rings. The maximum Gasteiger partial charge on any atom is 0.170 e. The predicted octanol–water partition coefficient (Wildman–Crippen LogP) is 3.05. The molecule has 1 aromatic heterocycles. The average Bonchev–Trinajstić information content (AvgIpc) is 3.08. The van der Waals surface area contributed by atoms with Crippen LogP contribution in [0.5, 0.6) is 11.5 Å². The molecule has 2 N–H and O–H groups in total. The van der Waals surface area contributed by atoms with Crippen molar-refractivity contribution in [1.82, 2.24) is 15.1 Å². The van der Waals surface area contributed by atoms with E-state index in [1.54, 1.807) is 13.3 Å². The van der Waals surface area contributed by atoms with E-state index in [0.717, 1.165) is 35.7 Å². The first kappa shape index (κ1) is 21.0. The van der Waals surface area contributed by atoms with Crippen LogP contribution in [0.4, 0.5) is 5.69 Å². The zero-order chi connectivity index (χ0) is 19.5. The smallest absolute Gasteiger partial charge is 0.170 e. The van der Waals surface area contributed by atoms with Crippen LogP contribution in [0.1, 0.15) is 25.8 Å². The van der Waals surface area contributed by atoms with Gasteiger partial charge >= 0.3 is 0 Å². The van der Waals surface area contributed by atoms with Gasteiger partial charge in [0.25, 0.3) is 0 Å². The van der Waals surface area contributed by atoms with Gasteiger partial charge in [0.15, 0.2) is 16.6 Å². The summed E-state index contributed by atoms with van der Waals surface area (Å²) in [5.41, 5.74) is 1.92. The van der Waals surface area contributed by atoms with Gasteiger partial charge in [0.05, 0.1) is 31.6 Å². The standard InChI is InChI=1S/C19H28N4O3S/c1-4-25-17-8-7-15(11-18(17)26-5-2)13-23-14-16(12-21-23)22-19(27)20-9-6-10-24-3/h7-8,11-12,14H,4-6,9-10,13H2,1-3H3,(H2,20,22,27). The van der Waals surface area contributed by atoms with Crippen molar-refractivity contribution in [3.63, 3.8) is 0 Å². The van der Waals surface area contributed by atoms with Gasteiger partial charge in [-0.1, -0.05) is 6.07 Å². The van der Waals surface area contributed by atoms with Crippen molar-refractivity contribution >= 4 is 23.0 Å². The molecule has 0 saturated heterocycles. The fourth-order valence-corrected chi connectivity index (χ4v) is 2.71. The van der Waals surface area contributed by atoms with E-state index in [9.17, 15) is 0 Å². The zero-order valence-corrected chi connectivity index (χ0v) is 17.0. The van der Waals surface area contributed by atoms with Crippen LogP contribution >= 0.6 is 12.2 Å². The molecule has 0 radical (unpaired) electrons. The average molecular weight is 393 g/mol. The predicted molar refractivity (Wildman–Crippen MR) is 111 cm³/mol. The van der Waals surface area contributed by atoms with E-state index in [-0.39, 0.29) is 0 Å². The number of aromatic nitrogens is 2. The van der Waals surface area contributed by atoms with Crippen LogP contribution < -0.4 is 20.1 Å². The summed E-state index contributed by atoms with van der Waals surface area (Å²) in [6.45, 7) is 7.21. The molecule has 0 saturated carbocycles. The molecule has 1 heterocycles. The highest BCUT2D eigenvalue weighted by Crippen LogP contribution is 2.28. The summed E-state index contributed by atoms with van der Waals surface area (Å²) in [6, 6.07) is 5.95. The van der Waals surface area contributed by atoms with E-state index in [1.807, 2.05) is 42.9 Å². The molecule has 148 valence electrons. The second kappa shape index (κ2) is 11.4. The van der Waals surface area contributed by atoms with Crippen LogP contribution in [0.25, 0.3) is 0 Å². The molecule has 1 aromatic carbocycles. The number of methoxy groups -OCH3 is 1. The van der Waals surface area contributed by atoms with Crippen LogP contribution in [-0.4, -0.2) is 48.4 Å². The lowest BCUT2D eigenvalue weighted by molar-refractivity contribution is 0.196. The Hall–Kier alpha value is -2.32. The fourth-order valence-electron chi connectivity index (χ4n) is 2.49. The maximum atomic E-state index is 5.68. The Labute approximate surface area is 166 Å². The van der Waals surface area contributed by atoms with Gasteiger partial charge in [-0.05, 0) is 50.2 Å². The number of anilines is 1. The molecule has 0 spiro atoms. The molecular weight excluding hydrogens is 364 g/mol. The lowest BCUT2D eigenvalue weighted by atomic mass is 10.2. The van der Waals surface area contributed by atoms with Crippen molar-refractivity contribution in [1.29, 1.82) is 0 Å². The molecule has 0 aliphatic carbocycles. The van der Waals surface area contributed by atoms with Gasteiger partial charge in [0, 0.05) is 26.5 Å². The molecule has 0 aliphatic heterocycles. The lowest BCUT2D eigenvalue weighted by Crippen LogP contribution is -2.29. The number of benzene rings is 1. The molecule has 27 heavy (non-hydrogen) atoms. The molecular formula is C19H28N4O3S. The SMILES string of the molecule is CCOc1ccc(Cn2cc(NC(=S)NCCCOC)cn2)cc1OCC. The van der Waals surface area contributed by atoms with Gasteiger partial charge in [0.1, 0.15) is 0 Å². The number of hydrogen-bond donors (Lipinski definition) is 2. The highest BCUT2D eigenvalue weighted by Gasteiger charge is 2.08. The van der Waals surface area contributed by atoms with E-state index in [2.05, 4.69) is 15.7 Å². The van der Waals surface area contributed by atoms with Gasteiger partial charge in [-0.2, -0.15) is 5.10 Å². The van der Waals surface area contributed by atoms with Crippen LogP contribution in [-0.2, 0) is 11.3 Å². The van der Waals surface area contributed by atoms with Crippen LogP contribution in [0.2, 0.25) is 0 Å². The van der Waals surface area contributed by atoms with E-state index < -0.39 is 0 Å². The fraction of sp³-hybridized carbons (Fsp3) is 0.474. The molecule has 0 bridgehead atoms. The highest BCUT2D eigenvalue weighted by molar-refractivity contribution is 7.80. The van der Waals surface area contributed by atoms with Gasteiger partial charge < -0.3 is 24.8 Å². The van der Waals surface area contributed by atoms with Crippen LogP contribution in [0.3, 0.4) is 0 Å². The Morgan fingerprint density at radius 3 is 2.70 bits per heavy atom. The summed E-state index contributed by atoms with van der Waals surface area (Å²) in [5, 5.41) is 11.2. The quantitative estimate of drug-likeness (QED) is 0.450.